The highest BCUT2D eigenvalue weighted by molar-refractivity contribution is 6.01. The van der Waals surface area contributed by atoms with Crippen LogP contribution in [-0.2, 0) is 20.8 Å². The summed E-state index contributed by atoms with van der Waals surface area (Å²) >= 11 is 0. The predicted octanol–water partition coefficient (Wildman–Crippen LogP) is 2.83. The van der Waals surface area contributed by atoms with Crippen LogP contribution in [-0.4, -0.2) is 53.4 Å². The average molecular weight is 371 g/mol. The first-order chi connectivity index (χ1) is 12.9. The van der Waals surface area contributed by atoms with Crippen LogP contribution in [0.4, 0.5) is 0 Å². The highest BCUT2D eigenvalue weighted by Crippen LogP contribution is 2.23. The summed E-state index contributed by atoms with van der Waals surface area (Å²) in [7, 11) is 0. The molecule has 3 rings (SSSR count). The molecule has 6 nitrogen and oxygen atoms in total. The van der Waals surface area contributed by atoms with Gasteiger partial charge in [-0.05, 0) is 58.2 Å². The minimum absolute atomic E-state index is 0.0193. The number of carbonyl (C=O) groups is 1. The molecule has 1 aromatic rings. The van der Waals surface area contributed by atoms with E-state index in [1.54, 1.807) is 11.0 Å². The minimum Gasteiger partial charge on any atom is -0.376 e. The third kappa shape index (κ3) is 4.42. The maximum atomic E-state index is 12.9. The Morgan fingerprint density at radius 2 is 2.04 bits per heavy atom. The van der Waals surface area contributed by atoms with E-state index in [-0.39, 0.29) is 29.8 Å². The summed E-state index contributed by atoms with van der Waals surface area (Å²) in [6.07, 6.45) is 4.13. The zero-order valence-electron chi connectivity index (χ0n) is 16.7. The lowest BCUT2D eigenvalue weighted by Gasteiger charge is -2.35. The Bertz CT molecular complexity index is 758. The summed E-state index contributed by atoms with van der Waals surface area (Å²) < 4.78 is 13.7. The number of nitriles is 1. The van der Waals surface area contributed by atoms with Crippen molar-refractivity contribution in [1.82, 2.24) is 9.47 Å². The number of aryl methyl sites for hydroxylation is 1. The van der Waals surface area contributed by atoms with Crippen LogP contribution in [0.5, 0.6) is 0 Å². The summed E-state index contributed by atoms with van der Waals surface area (Å²) in [6.45, 7) is 10.7. The number of hydrogen-bond donors (Lipinski definition) is 0. The van der Waals surface area contributed by atoms with Gasteiger partial charge in [0.25, 0.3) is 5.91 Å². The largest absolute Gasteiger partial charge is 0.376 e. The van der Waals surface area contributed by atoms with E-state index >= 15 is 0 Å². The molecule has 0 N–H and O–H groups in total. The fraction of sp³-hybridized carbons (Fsp3) is 0.619. The number of carbonyl (C=O) groups excluding carboxylic acids is 1. The van der Waals surface area contributed by atoms with Crippen molar-refractivity contribution in [2.45, 2.75) is 65.4 Å². The van der Waals surface area contributed by atoms with Gasteiger partial charge in [-0.2, -0.15) is 5.26 Å². The van der Waals surface area contributed by atoms with Gasteiger partial charge in [0, 0.05) is 37.6 Å². The van der Waals surface area contributed by atoms with Gasteiger partial charge in [-0.25, -0.2) is 0 Å². The summed E-state index contributed by atoms with van der Waals surface area (Å²) in [5.74, 6) is -0.219. The van der Waals surface area contributed by atoms with Crippen LogP contribution in [0.1, 0.15) is 43.6 Å². The highest BCUT2D eigenvalue weighted by Gasteiger charge is 2.28. The van der Waals surface area contributed by atoms with Crippen LogP contribution in [0, 0.1) is 25.2 Å². The second-order valence-corrected chi connectivity index (χ2v) is 7.71. The average Bonchev–Trinajstić information content (AvgIpc) is 3.22. The van der Waals surface area contributed by atoms with Gasteiger partial charge in [-0.15, -0.1) is 0 Å². The minimum atomic E-state index is -0.219. The normalized spacial score (nSPS) is 26.3. The maximum absolute atomic E-state index is 12.9. The molecule has 0 radical (unpaired) electrons. The predicted molar refractivity (Wildman–Crippen MR) is 103 cm³/mol. The number of aromatic nitrogens is 1. The molecule has 0 aliphatic carbocycles. The first-order valence-corrected chi connectivity index (χ1v) is 9.74. The van der Waals surface area contributed by atoms with E-state index < -0.39 is 0 Å². The Hall–Kier alpha value is -2.10. The third-order valence-corrected chi connectivity index (χ3v) is 5.38. The fourth-order valence-corrected chi connectivity index (χ4v) is 4.06. The molecule has 3 atom stereocenters. The fourth-order valence-electron chi connectivity index (χ4n) is 4.06. The second-order valence-electron chi connectivity index (χ2n) is 7.71. The lowest BCUT2D eigenvalue weighted by Crippen LogP contribution is -2.48. The van der Waals surface area contributed by atoms with Crippen molar-refractivity contribution in [3.8, 4) is 6.07 Å². The van der Waals surface area contributed by atoms with Gasteiger partial charge in [0.05, 0.1) is 18.3 Å². The molecule has 1 aromatic heterocycles. The van der Waals surface area contributed by atoms with Gasteiger partial charge >= 0.3 is 0 Å². The Morgan fingerprint density at radius 1 is 1.33 bits per heavy atom. The molecule has 146 valence electrons. The van der Waals surface area contributed by atoms with Crippen molar-refractivity contribution < 1.29 is 14.3 Å². The Balaban J connectivity index is 1.81. The molecule has 27 heavy (non-hydrogen) atoms. The molecular formula is C21H29N3O3. The standard InChI is InChI=1S/C21H29N3O3/c1-14-8-18(17(4)24(14)13-20-6-5-7-26-20)9-19(10-22)21(25)23-11-15(2)27-16(3)12-23/h8-9,15-16,20H,5-7,11-13H2,1-4H3/b19-9+. The van der Waals surface area contributed by atoms with E-state index in [1.807, 2.05) is 26.8 Å². The van der Waals surface area contributed by atoms with Crippen LogP contribution >= 0.6 is 0 Å². The lowest BCUT2D eigenvalue weighted by atomic mass is 10.1. The van der Waals surface area contributed by atoms with E-state index in [1.165, 1.54) is 0 Å². The highest BCUT2D eigenvalue weighted by atomic mass is 16.5. The van der Waals surface area contributed by atoms with Gasteiger partial charge in [-0.1, -0.05) is 0 Å². The Morgan fingerprint density at radius 3 is 2.63 bits per heavy atom. The third-order valence-electron chi connectivity index (χ3n) is 5.38. The monoisotopic (exact) mass is 371 g/mol. The number of ether oxygens (including phenoxy) is 2. The van der Waals surface area contributed by atoms with E-state index in [2.05, 4.69) is 17.6 Å². The molecule has 0 aromatic carbocycles. The maximum Gasteiger partial charge on any atom is 0.264 e. The molecule has 1 amide bonds. The van der Waals surface area contributed by atoms with Gasteiger partial charge in [-0.3, -0.25) is 4.79 Å². The summed E-state index contributed by atoms with van der Waals surface area (Å²) in [6, 6.07) is 4.14. The van der Waals surface area contributed by atoms with E-state index in [4.69, 9.17) is 9.47 Å². The van der Waals surface area contributed by atoms with E-state index in [9.17, 15) is 10.1 Å². The van der Waals surface area contributed by atoms with Crippen LogP contribution in [0.2, 0.25) is 0 Å². The second kappa shape index (κ2) is 8.28. The quantitative estimate of drug-likeness (QED) is 0.603. The Kier molecular flexibility index (Phi) is 6.03. The van der Waals surface area contributed by atoms with Crippen LogP contribution < -0.4 is 0 Å². The molecule has 3 unspecified atom stereocenters. The van der Waals surface area contributed by atoms with Gasteiger partial charge in [0.15, 0.2) is 0 Å². The van der Waals surface area contributed by atoms with Gasteiger partial charge < -0.3 is 18.9 Å². The topological polar surface area (TPSA) is 67.5 Å². The summed E-state index contributed by atoms with van der Waals surface area (Å²) in [5.41, 5.74) is 3.28. The molecular weight excluding hydrogens is 342 g/mol. The molecule has 2 aliphatic rings. The van der Waals surface area contributed by atoms with Crippen LogP contribution in [0.3, 0.4) is 0 Å². The van der Waals surface area contributed by atoms with Gasteiger partial charge in [0.1, 0.15) is 11.6 Å². The SMILES string of the molecule is Cc1cc(/C=C(\C#N)C(=O)N2CC(C)OC(C)C2)c(C)n1CC1CCCO1. The van der Waals surface area contributed by atoms with Crippen LogP contribution in [0.15, 0.2) is 11.6 Å². The van der Waals surface area contributed by atoms with Crippen molar-refractivity contribution in [3.05, 3.63) is 28.6 Å². The number of hydrogen-bond acceptors (Lipinski definition) is 4. The Labute approximate surface area is 161 Å². The first-order valence-electron chi connectivity index (χ1n) is 9.74. The molecule has 0 spiro atoms. The van der Waals surface area contributed by atoms with Crippen molar-refractivity contribution in [2.75, 3.05) is 19.7 Å². The number of morpholine rings is 1. The molecule has 0 saturated carbocycles. The van der Waals surface area contributed by atoms with Gasteiger partial charge in [0.2, 0.25) is 0 Å². The zero-order chi connectivity index (χ0) is 19.6. The number of amides is 1. The van der Waals surface area contributed by atoms with Crippen molar-refractivity contribution >= 4 is 12.0 Å². The van der Waals surface area contributed by atoms with Crippen LogP contribution in [0.25, 0.3) is 6.08 Å². The zero-order valence-corrected chi connectivity index (χ0v) is 16.7. The first kappa shape index (κ1) is 19.7. The lowest BCUT2D eigenvalue weighted by molar-refractivity contribution is -0.138. The van der Waals surface area contributed by atoms with Crippen molar-refractivity contribution in [2.24, 2.45) is 0 Å². The van der Waals surface area contributed by atoms with E-state index in [0.29, 0.717) is 13.1 Å². The molecule has 2 aliphatic heterocycles. The summed E-state index contributed by atoms with van der Waals surface area (Å²) in [5, 5.41) is 9.59. The molecule has 2 fully saturated rings. The van der Waals surface area contributed by atoms with Crippen molar-refractivity contribution in [3.63, 3.8) is 0 Å². The number of nitrogens with zero attached hydrogens (tertiary/aromatic N) is 3. The van der Waals surface area contributed by atoms with E-state index in [0.717, 1.165) is 42.9 Å². The summed E-state index contributed by atoms with van der Waals surface area (Å²) in [4.78, 5) is 14.6. The number of rotatable bonds is 4. The smallest absolute Gasteiger partial charge is 0.264 e. The van der Waals surface area contributed by atoms with Crippen molar-refractivity contribution in [1.29, 1.82) is 5.26 Å². The molecule has 0 bridgehead atoms. The molecule has 6 heteroatoms. The molecule has 2 saturated heterocycles. The molecule has 3 heterocycles.